The molecular weight excluding hydrogens is 469 g/mol. The van der Waals surface area contributed by atoms with Crippen LogP contribution in [0.25, 0.3) is 0 Å². The van der Waals surface area contributed by atoms with E-state index < -0.39 is 20.0 Å². The second-order valence-corrected chi connectivity index (χ2v) is 10.3. The molecule has 11 heteroatoms. The van der Waals surface area contributed by atoms with Crippen molar-refractivity contribution in [2.24, 2.45) is 0 Å². The Morgan fingerprint density at radius 3 is 1.57 bits per heavy atom. The number of sulfonamides is 2. The standard InChI is InChI=1S/C19H13Cl2N3O4S2/c20-14-9-15(21)11-19(10-14)30(27,28)24-17-5-7-18(8-6-17)29(25,26)23-16-3-1-13(12-22)2-4-16/h1-11,23-24H. The number of hydrogen-bond donors (Lipinski definition) is 2. The van der Waals surface area contributed by atoms with Gasteiger partial charge in [0.05, 0.1) is 21.4 Å². The first-order valence-electron chi connectivity index (χ1n) is 8.21. The zero-order chi connectivity index (χ0) is 21.9. The highest BCUT2D eigenvalue weighted by atomic mass is 35.5. The van der Waals surface area contributed by atoms with E-state index in [1.807, 2.05) is 6.07 Å². The molecule has 0 aliphatic heterocycles. The lowest BCUT2D eigenvalue weighted by molar-refractivity contribution is 0.600. The van der Waals surface area contributed by atoms with Crippen LogP contribution in [0.3, 0.4) is 0 Å². The van der Waals surface area contributed by atoms with Crippen LogP contribution in [0.2, 0.25) is 10.0 Å². The van der Waals surface area contributed by atoms with Gasteiger partial charge in [-0.25, -0.2) is 16.8 Å². The molecule has 7 nitrogen and oxygen atoms in total. The number of nitrogens with one attached hydrogen (secondary N) is 2. The number of nitrogens with zero attached hydrogens (tertiary/aromatic N) is 1. The van der Waals surface area contributed by atoms with Gasteiger partial charge in [-0.05, 0) is 66.7 Å². The monoisotopic (exact) mass is 481 g/mol. The Morgan fingerprint density at radius 2 is 1.10 bits per heavy atom. The van der Waals surface area contributed by atoms with Gasteiger partial charge in [0.1, 0.15) is 0 Å². The highest BCUT2D eigenvalue weighted by Gasteiger charge is 2.18. The Balaban J connectivity index is 1.79. The Kier molecular flexibility index (Phi) is 6.24. The molecule has 0 bridgehead atoms. The van der Waals surface area contributed by atoms with Crippen LogP contribution in [0.5, 0.6) is 0 Å². The molecule has 3 rings (SSSR count). The molecule has 0 saturated carbocycles. The van der Waals surface area contributed by atoms with E-state index in [2.05, 4.69) is 9.44 Å². The van der Waals surface area contributed by atoms with Crippen LogP contribution in [0.15, 0.2) is 76.5 Å². The molecule has 0 atom stereocenters. The lowest BCUT2D eigenvalue weighted by Gasteiger charge is -2.11. The summed E-state index contributed by atoms with van der Waals surface area (Å²) in [6, 6.07) is 16.9. The van der Waals surface area contributed by atoms with Crippen LogP contribution in [0, 0.1) is 11.3 Å². The zero-order valence-corrected chi connectivity index (χ0v) is 18.1. The molecule has 0 amide bonds. The van der Waals surface area contributed by atoms with Crippen molar-refractivity contribution in [2.45, 2.75) is 9.79 Å². The first kappa shape index (κ1) is 21.9. The van der Waals surface area contributed by atoms with Crippen molar-refractivity contribution >= 4 is 54.6 Å². The summed E-state index contributed by atoms with van der Waals surface area (Å²) in [5, 5.41) is 9.12. The Hall–Kier alpha value is -2.77. The van der Waals surface area contributed by atoms with Gasteiger partial charge < -0.3 is 0 Å². The fraction of sp³-hybridized carbons (Fsp3) is 0. The molecule has 3 aromatic carbocycles. The predicted octanol–water partition coefficient (Wildman–Crippen LogP) is 4.47. The number of hydrogen-bond acceptors (Lipinski definition) is 5. The predicted molar refractivity (Wildman–Crippen MR) is 116 cm³/mol. The van der Waals surface area contributed by atoms with Gasteiger partial charge >= 0.3 is 0 Å². The maximum atomic E-state index is 12.5. The Labute approximate surface area is 184 Å². The zero-order valence-electron chi connectivity index (χ0n) is 15.0. The third-order valence-electron chi connectivity index (χ3n) is 3.83. The van der Waals surface area contributed by atoms with E-state index in [4.69, 9.17) is 28.5 Å². The lowest BCUT2D eigenvalue weighted by atomic mass is 10.2. The summed E-state index contributed by atoms with van der Waals surface area (Å²) in [5.74, 6) is 0. The molecule has 0 aliphatic rings. The molecule has 0 aliphatic carbocycles. The molecule has 3 aromatic rings. The number of nitriles is 1. The third kappa shape index (κ3) is 5.23. The fourth-order valence-electron chi connectivity index (χ4n) is 2.43. The molecule has 30 heavy (non-hydrogen) atoms. The minimum Gasteiger partial charge on any atom is -0.280 e. The van der Waals surface area contributed by atoms with Gasteiger partial charge in [0.25, 0.3) is 20.0 Å². The van der Waals surface area contributed by atoms with Gasteiger partial charge in [-0.2, -0.15) is 5.26 Å². The molecule has 0 spiro atoms. The van der Waals surface area contributed by atoms with Crippen molar-refractivity contribution in [2.75, 3.05) is 9.44 Å². The molecule has 154 valence electrons. The summed E-state index contributed by atoms with van der Waals surface area (Å²) in [4.78, 5) is -0.195. The van der Waals surface area contributed by atoms with Crippen molar-refractivity contribution in [1.29, 1.82) is 5.26 Å². The summed E-state index contributed by atoms with van der Waals surface area (Å²) < 4.78 is 54.7. The van der Waals surface area contributed by atoms with Crippen molar-refractivity contribution in [1.82, 2.24) is 0 Å². The van der Waals surface area contributed by atoms with Gasteiger partial charge in [0.15, 0.2) is 0 Å². The van der Waals surface area contributed by atoms with Crippen LogP contribution in [-0.2, 0) is 20.0 Å². The second kappa shape index (κ2) is 8.53. The number of rotatable bonds is 6. The molecule has 0 unspecified atom stereocenters. The van der Waals surface area contributed by atoms with E-state index in [1.54, 1.807) is 0 Å². The average Bonchev–Trinajstić information content (AvgIpc) is 2.68. The smallest absolute Gasteiger partial charge is 0.261 e. The molecule has 0 radical (unpaired) electrons. The van der Waals surface area contributed by atoms with Crippen LogP contribution in [0.1, 0.15) is 5.56 Å². The van der Waals surface area contributed by atoms with Crippen LogP contribution in [0.4, 0.5) is 11.4 Å². The number of anilines is 2. The molecule has 0 saturated heterocycles. The molecule has 2 N–H and O–H groups in total. The van der Waals surface area contributed by atoms with E-state index in [0.717, 1.165) is 0 Å². The second-order valence-electron chi connectivity index (χ2n) is 6.03. The summed E-state index contributed by atoms with van der Waals surface area (Å²) in [7, 11) is -7.87. The van der Waals surface area contributed by atoms with Crippen molar-refractivity contribution in [3.63, 3.8) is 0 Å². The van der Waals surface area contributed by atoms with E-state index in [1.165, 1.54) is 66.7 Å². The van der Waals surface area contributed by atoms with E-state index in [0.29, 0.717) is 5.56 Å². The van der Waals surface area contributed by atoms with Crippen LogP contribution < -0.4 is 9.44 Å². The minimum atomic E-state index is -3.97. The van der Waals surface area contributed by atoms with Crippen molar-refractivity contribution in [3.8, 4) is 6.07 Å². The largest absolute Gasteiger partial charge is 0.280 e. The highest BCUT2D eigenvalue weighted by Crippen LogP contribution is 2.25. The number of benzene rings is 3. The maximum absolute atomic E-state index is 12.5. The van der Waals surface area contributed by atoms with E-state index in [9.17, 15) is 16.8 Å². The minimum absolute atomic E-state index is 0.0689. The quantitative estimate of drug-likeness (QED) is 0.538. The normalized spacial score (nSPS) is 11.5. The lowest BCUT2D eigenvalue weighted by Crippen LogP contribution is -2.14. The molecular formula is C19H13Cl2N3O4S2. The fourth-order valence-corrected chi connectivity index (χ4v) is 5.27. The average molecular weight is 482 g/mol. The molecule has 0 aromatic heterocycles. The van der Waals surface area contributed by atoms with Crippen LogP contribution >= 0.6 is 23.2 Å². The van der Waals surface area contributed by atoms with E-state index in [-0.39, 0.29) is 31.2 Å². The summed E-state index contributed by atoms with van der Waals surface area (Å²) in [5.41, 5.74) is 0.843. The number of halogens is 2. The van der Waals surface area contributed by atoms with Gasteiger partial charge in [0, 0.05) is 21.4 Å². The van der Waals surface area contributed by atoms with E-state index >= 15 is 0 Å². The highest BCUT2D eigenvalue weighted by molar-refractivity contribution is 7.93. The van der Waals surface area contributed by atoms with Gasteiger partial charge in [0.2, 0.25) is 0 Å². The maximum Gasteiger partial charge on any atom is 0.261 e. The van der Waals surface area contributed by atoms with Gasteiger partial charge in [-0.1, -0.05) is 23.2 Å². The Morgan fingerprint density at radius 1 is 0.667 bits per heavy atom. The first-order chi connectivity index (χ1) is 14.1. The van der Waals surface area contributed by atoms with Crippen LogP contribution in [-0.4, -0.2) is 16.8 Å². The SMILES string of the molecule is N#Cc1ccc(NS(=O)(=O)c2ccc(NS(=O)(=O)c3cc(Cl)cc(Cl)c3)cc2)cc1. The van der Waals surface area contributed by atoms with Crippen molar-refractivity contribution in [3.05, 3.63) is 82.3 Å². The Bertz CT molecular complexity index is 1310. The van der Waals surface area contributed by atoms with Gasteiger partial charge in [-0.15, -0.1) is 0 Å². The summed E-state index contributed by atoms with van der Waals surface area (Å²) in [6.07, 6.45) is 0. The van der Waals surface area contributed by atoms with Crippen molar-refractivity contribution < 1.29 is 16.8 Å². The molecule has 0 fully saturated rings. The third-order valence-corrected chi connectivity index (χ3v) is 7.02. The topological polar surface area (TPSA) is 116 Å². The summed E-state index contributed by atoms with van der Waals surface area (Å²) in [6.45, 7) is 0. The first-order valence-corrected chi connectivity index (χ1v) is 11.9. The van der Waals surface area contributed by atoms with Gasteiger partial charge in [-0.3, -0.25) is 9.44 Å². The summed E-state index contributed by atoms with van der Waals surface area (Å²) >= 11 is 11.7. The molecule has 0 heterocycles.